The maximum absolute atomic E-state index is 9.73. The molecule has 1 aromatic rings. The lowest BCUT2D eigenvalue weighted by atomic mass is 9.99. The second-order valence-electron chi connectivity index (χ2n) is 6.69. The van der Waals surface area contributed by atoms with Crippen LogP contribution < -0.4 is 10.1 Å². The number of nitrogens with one attached hydrogen (secondary N) is 1. The van der Waals surface area contributed by atoms with E-state index in [0.29, 0.717) is 12.1 Å². The molecular formula is C18H31NO2. The summed E-state index contributed by atoms with van der Waals surface area (Å²) in [4.78, 5) is 0. The average Bonchev–Trinajstić information content (AvgIpc) is 2.37. The van der Waals surface area contributed by atoms with Crippen LogP contribution in [-0.4, -0.2) is 29.9 Å². The van der Waals surface area contributed by atoms with Crippen molar-refractivity contribution in [2.24, 2.45) is 0 Å². The molecule has 2 atom stereocenters. The first kappa shape index (κ1) is 18.0. The summed E-state index contributed by atoms with van der Waals surface area (Å²) in [6, 6.07) is 9.04. The van der Waals surface area contributed by atoms with Crippen molar-refractivity contribution in [1.29, 1.82) is 0 Å². The van der Waals surface area contributed by atoms with E-state index in [2.05, 4.69) is 31.3 Å². The predicted octanol–water partition coefficient (Wildman–Crippen LogP) is 3.55. The highest BCUT2D eigenvalue weighted by Gasteiger charge is 2.14. The van der Waals surface area contributed by atoms with Gasteiger partial charge in [-0.25, -0.2) is 0 Å². The molecule has 0 amide bonds. The van der Waals surface area contributed by atoms with E-state index in [-0.39, 0.29) is 0 Å². The van der Waals surface area contributed by atoms with Crippen LogP contribution in [0.1, 0.15) is 52.5 Å². The fraction of sp³-hybridized carbons (Fsp3) is 0.667. The molecule has 1 rings (SSSR count). The second kappa shape index (κ2) is 8.40. The third-order valence-electron chi connectivity index (χ3n) is 3.71. The first-order chi connectivity index (χ1) is 9.81. The van der Waals surface area contributed by atoms with Crippen LogP contribution in [0.5, 0.6) is 5.75 Å². The van der Waals surface area contributed by atoms with Gasteiger partial charge in [0.25, 0.3) is 0 Å². The Morgan fingerprint density at radius 2 is 1.86 bits per heavy atom. The third-order valence-corrected chi connectivity index (χ3v) is 3.71. The lowest BCUT2D eigenvalue weighted by Crippen LogP contribution is -2.36. The number of rotatable bonds is 9. The van der Waals surface area contributed by atoms with Crippen molar-refractivity contribution in [1.82, 2.24) is 5.32 Å². The van der Waals surface area contributed by atoms with Crippen LogP contribution in [0.2, 0.25) is 0 Å². The molecule has 21 heavy (non-hydrogen) atoms. The summed E-state index contributed by atoms with van der Waals surface area (Å²) >= 11 is 0. The van der Waals surface area contributed by atoms with E-state index in [1.807, 2.05) is 26.0 Å². The van der Waals surface area contributed by atoms with Gasteiger partial charge < -0.3 is 15.2 Å². The number of ether oxygens (including phenoxy) is 1. The Morgan fingerprint density at radius 1 is 1.19 bits per heavy atom. The van der Waals surface area contributed by atoms with Crippen LogP contribution in [0.25, 0.3) is 0 Å². The Labute approximate surface area is 129 Å². The number of methoxy groups -OCH3 is 1. The van der Waals surface area contributed by atoms with Crippen molar-refractivity contribution < 1.29 is 9.84 Å². The topological polar surface area (TPSA) is 41.5 Å². The van der Waals surface area contributed by atoms with Crippen molar-refractivity contribution in [3.63, 3.8) is 0 Å². The fourth-order valence-corrected chi connectivity index (χ4v) is 2.67. The van der Waals surface area contributed by atoms with E-state index in [1.165, 1.54) is 5.56 Å². The maximum Gasteiger partial charge on any atom is 0.122 e. The zero-order valence-corrected chi connectivity index (χ0v) is 14.1. The number of aliphatic hydroxyl groups is 1. The zero-order chi connectivity index (χ0) is 15.9. The quantitative estimate of drug-likeness (QED) is 0.731. The average molecular weight is 293 g/mol. The molecule has 0 heterocycles. The van der Waals surface area contributed by atoms with Crippen LogP contribution in [0.3, 0.4) is 0 Å². The van der Waals surface area contributed by atoms with E-state index < -0.39 is 5.60 Å². The van der Waals surface area contributed by atoms with Crippen molar-refractivity contribution in [2.75, 3.05) is 7.11 Å². The standard InChI is InChI=1S/C18H31NO2/c1-14(9-8-12-18(3,4)20)19-15(2)13-16-10-6-7-11-17(16)21-5/h6-7,10-11,14-15,19-20H,8-9,12-13H2,1-5H3. The monoisotopic (exact) mass is 293 g/mol. The van der Waals surface area contributed by atoms with E-state index in [4.69, 9.17) is 4.74 Å². The van der Waals surface area contributed by atoms with Gasteiger partial charge in [-0.2, -0.15) is 0 Å². The van der Waals surface area contributed by atoms with Gasteiger partial charge in [0.05, 0.1) is 12.7 Å². The summed E-state index contributed by atoms with van der Waals surface area (Å²) in [6.45, 7) is 8.16. The van der Waals surface area contributed by atoms with Crippen LogP contribution in [0.15, 0.2) is 24.3 Å². The lowest BCUT2D eigenvalue weighted by molar-refractivity contribution is 0.0674. The highest BCUT2D eigenvalue weighted by Crippen LogP contribution is 2.19. The molecule has 0 aliphatic rings. The summed E-state index contributed by atoms with van der Waals surface area (Å²) in [7, 11) is 1.72. The molecule has 0 bridgehead atoms. The third kappa shape index (κ3) is 7.49. The predicted molar refractivity (Wildman–Crippen MR) is 88.9 cm³/mol. The molecule has 1 aromatic carbocycles. The molecule has 2 N–H and O–H groups in total. The minimum Gasteiger partial charge on any atom is -0.496 e. The van der Waals surface area contributed by atoms with Crippen LogP contribution in [0, 0.1) is 0 Å². The Balaban J connectivity index is 2.37. The molecule has 0 aliphatic heterocycles. The Kier molecular flexibility index (Phi) is 7.20. The summed E-state index contributed by atoms with van der Waals surface area (Å²) in [5.41, 5.74) is 0.687. The Morgan fingerprint density at radius 3 is 2.48 bits per heavy atom. The SMILES string of the molecule is COc1ccccc1CC(C)NC(C)CCCC(C)(C)O. The molecule has 0 saturated carbocycles. The number of para-hydroxylation sites is 1. The summed E-state index contributed by atoms with van der Waals surface area (Å²) < 4.78 is 5.40. The molecule has 0 radical (unpaired) electrons. The molecule has 120 valence electrons. The highest BCUT2D eigenvalue weighted by molar-refractivity contribution is 5.33. The molecule has 0 saturated heterocycles. The van der Waals surface area contributed by atoms with Gasteiger partial charge in [-0.3, -0.25) is 0 Å². The molecule has 0 aliphatic carbocycles. The Hall–Kier alpha value is -1.06. The van der Waals surface area contributed by atoms with Crippen LogP contribution >= 0.6 is 0 Å². The number of hydrogen-bond acceptors (Lipinski definition) is 3. The molecule has 0 aromatic heterocycles. The zero-order valence-electron chi connectivity index (χ0n) is 14.1. The first-order valence-electron chi connectivity index (χ1n) is 7.92. The Bertz CT molecular complexity index is 412. The molecule has 2 unspecified atom stereocenters. The first-order valence-corrected chi connectivity index (χ1v) is 7.92. The van der Waals surface area contributed by atoms with E-state index in [1.54, 1.807) is 7.11 Å². The summed E-state index contributed by atoms with van der Waals surface area (Å²) in [5.74, 6) is 0.959. The van der Waals surface area contributed by atoms with E-state index in [0.717, 1.165) is 31.4 Å². The van der Waals surface area contributed by atoms with Crippen molar-refractivity contribution in [3.8, 4) is 5.75 Å². The van der Waals surface area contributed by atoms with Gasteiger partial charge in [-0.15, -0.1) is 0 Å². The molecule has 0 fully saturated rings. The fourth-order valence-electron chi connectivity index (χ4n) is 2.67. The number of benzene rings is 1. The maximum atomic E-state index is 9.73. The second-order valence-corrected chi connectivity index (χ2v) is 6.69. The van der Waals surface area contributed by atoms with Gasteiger partial charge in [-0.05, 0) is 65.0 Å². The molecular weight excluding hydrogens is 262 g/mol. The number of hydrogen-bond donors (Lipinski definition) is 2. The van der Waals surface area contributed by atoms with Crippen LogP contribution in [0.4, 0.5) is 0 Å². The normalized spacial score (nSPS) is 14.8. The summed E-state index contributed by atoms with van der Waals surface area (Å²) in [5, 5.41) is 13.4. The largest absolute Gasteiger partial charge is 0.496 e. The minimum absolute atomic E-state index is 0.401. The lowest BCUT2D eigenvalue weighted by Gasteiger charge is -2.22. The van der Waals surface area contributed by atoms with Gasteiger partial charge in [0.1, 0.15) is 5.75 Å². The van der Waals surface area contributed by atoms with Gasteiger partial charge in [0, 0.05) is 12.1 Å². The van der Waals surface area contributed by atoms with Gasteiger partial charge >= 0.3 is 0 Å². The van der Waals surface area contributed by atoms with Gasteiger partial charge in [0.15, 0.2) is 0 Å². The van der Waals surface area contributed by atoms with Crippen molar-refractivity contribution >= 4 is 0 Å². The van der Waals surface area contributed by atoms with E-state index >= 15 is 0 Å². The van der Waals surface area contributed by atoms with Crippen molar-refractivity contribution in [3.05, 3.63) is 29.8 Å². The summed E-state index contributed by atoms with van der Waals surface area (Å²) in [6.07, 6.45) is 3.93. The van der Waals surface area contributed by atoms with Gasteiger partial charge in [-0.1, -0.05) is 18.2 Å². The van der Waals surface area contributed by atoms with Gasteiger partial charge in [0.2, 0.25) is 0 Å². The molecule has 3 heteroatoms. The highest BCUT2D eigenvalue weighted by atomic mass is 16.5. The van der Waals surface area contributed by atoms with Crippen LogP contribution in [-0.2, 0) is 6.42 Å². The molecule has 0 spiro atoms. The van der Waals surface area contributed by atoms with E-state index in [9.17, 15) is 5.11 Å². The van der Waals surface area contributed by atoms with Crippen molar-refractivity contribution in [2.45, 2.75) is 71.1 Å². The minimum atomic E-state index is -0.553. The molecule has 3 nitrogen and oxygen atoms in total. The smallest absolute Gasteiger partial charge is 0.122 e.